The molecule has 0 aliphatic rings. The van der Waals surface area contributed by atoms with Gasteiger partial charge < -0.3 is 15.4 Å². The Hall–Kier alpha value is -4.18. The lowest BCUT2D eigenvalue weighted by atomic mass is 10.1. The van der Waals surface area contributed by atoms with E-state index in [-0.39, 0.29) is 17.0 Å². The fourth-order valence-corrected chi connectivity index (χ4v) is 2.56. The maximum absolute atomic E-state index is 12.5. The predicted molar refractivity (Wildman–Crippen MR) is 109 cm³/mol. The fourth-order valence-electron chi connectivity index (χ4n) is 2.56. The molecule has 0 radical (unpaired) electrons. The van der Waals surface area contributed by atoms with Crippen LogP contribution in [0.5, 0.6) is 5.75 Å². The second-order valence-electron chi connectivity index (χ2n) is 6.02. The van der Waals surface area contributed by atoms with Gasteiger partial charge in [0.05, 0.1) is 29.4 Å². The highest BCUT2D eigenvalue weighted by molar-refractivity contribution is 6.08. The van der Waals surface area contributed by atoms with E-state index in [4.69, 9.17) is 10.00 Å². The third kappa shape index (κ3) is 5.17. The molecule has 0 aliphatic heterocycles. The molecule has 0 bridgehead atoms. The molecule has 2 N–H and O–H groups in total. The zero-order valence-corrected chi connectivity index (χ0v) is 15.7. The van der Waals surface area contributed by atoms with Gasteiger partial charge in [-0.15, -0.1) is 0 Å². The second-order valence-corrected chi connectivity index (χ2v) is 6.02. The van der Waals surface area contributed by atoms with E-state index in [0.29, 0.717) is 29.3 Å². The molecule has 7 heteroatoms. The van der Waals surface area contributed by atoms with E-state index in [9.17, 15) is 9.59 Å². The minimum atomic E-state index is -0.427. The molecule has 0 atom stereocenters. The lowest BCUT2D eigenvalue weighted by Gasteiger charge is -2.09. The maximum atomic E-state index is 12.5. The molecule has 1 aromatic heterocycles. The van der Waals surface area contributed by atoms with Crippen LogP contribution in [-0.4, -0.2) is 23.4 Å². The van der Waals surface area contributed by atoms with Crippen LogP contribution in [0.3, 0.4) is 0 Å². The minimum absolute atomic E-state index is 0.228. The molecule has 0 fully saturated rings. The third-order valence-electron chi connectivity index (χ3n) is 3.94. The first-order chi connectivity index (χ1) is 14.1. The van der Waals surface area contributed by atoms with Gasteiger partial charge in [-0.25, -0.2) is 0 Å². The van der Waals surface area contributed by atoms with Gasteiger partial charge in [-0.3, -0.25) is 14.6 Å². The maximum Gasteiger partial charge on any atom is 0.257 e. The summed E-state index contributed by atoms with van der Waals surface area (Å²) in [7, 11) is 0. The first-order valence-electron chi connectivity index (χ1n) is 8.90. The molecule has 0 saturated carbocycles. The summed E-state index contributed by atoms with van der Waals surface area (Å²) >= 11 is 0. The predicted octanol–water partition coefficient (Wildman–Crippen LogP) is 3.86. The summed E-state index contributed by atoms with van der Waals surface area (Å²) in [6.07, 6.45) is 2.76. The van der Waals surface area contributed by atoms with Crippen LogP contribution in [0.1, 0.15) is 33.2 Å². The summed E-state index contributed by atoms with van der Waals surface area (Å²) in [4.78, 5) is 28.9. The van der Waals surface area contributed by atoms with Crippen molar-refractivity contribution in [3.8, 4) is 11.8 Å². The van der Waals surface area contributed by atoms with Gasteiger partial charge in [0.1, 0.15) is 5.75 Å². The average Bonchev–Trinajstić information content (AvgIpc) is 2.75. The Bertz CT molecular complexity index is 1070. The largest absolute Gasteiger partial charge is 0.494 e. The summed E-state index contributed by atoms with van der Waals surface area (Å²) in [5, 5.41) is 14.4. The molecular formula is C22H18N4O3. The lowest BCUT2D eigenvalue weighted by molar-refractivity contribution is 0.102. The van der Waals surface area contributed by atoms with E-state index < -0.39 is 5.91 Å². The van der Waals surface area contributed by atoms with Crippen molar-refractivity contribution < 1.29 is 14.3 Å². The Morgan fingerprint density at radius 3 is 2.24 bits per heavy atom. The first kappa shape index (κ1) is 19.6. The number of aromatic nitrogens is 1. The van der Waals surface area contributed by atoms with Crippen molar-refractivity contribution in [3.63, 3.8) is 0 Å². The van der Waals surface area contributed by atoms with Crippen LogP contribution in [-0.2, 0) is 0 Å². The van der Waals surface area contributed by atoms with Crippen molar-refractivity contribution in [2.75, 3.05) is 17.2 Å². The standard InChI is InChI=1S/C22H18N4O3/c1-2-29-20-8-6-18(7-9-20)25-21(27)16-11-17(14-24-13-16)22(28)26-19-5-3-4-15(10-19)12-23/h3-11,13-14H,2H2,1H3,(H,25,27)(H,26,28). The van der Waals surface area contributed by atoms with Crippen molar-refractivity contribution in [2.24, 2.45) is 0 Å². The second kappa shape index (κ2) is 9.15. The number of pyridine rings is 1. The molecule has 0 saturated heterocycles. The molecule has 1 heterocycles. The van der Waals surface area contributed by atoms with Gasteiger partial charge in [0.2, 0.25) is 0 Å². The zero-order chi connectivity index (χ0) is 20.6. The number of nitrogens with one attached hydrogen (secondary N) is 2. The number of ether oxygens (including phenoxy) is 1. The summed E-state index contributed by atoms with van der Waals surface area (Å²) < 4.78 is 5.37. The van der Waals surface area contributed by atoms with Gasteiger partial charge in [0.25, 0.3) is 11.8 Å². The van der Waals surface area contributed by atoms with E-state index in [0.717, 1.165) is 0 Å². The molecule has 0 unspecified atom stereocenters. The molecule has 3 aromatic rings. The zero-order valence-electron chi connectivity index (χ0n) is 15.7. The van der Waals surface area contributed by atoms with Gasteiger partial charge in [-0.2, -0.15) is 5.26 Å². The number of amides is 2. The summed E-state index contributed by atoms with van der Waals surface area (Å²) in [5.74, 6) is -0.0996. The van der Waals surface area contributed by atoms with E-state index in [1.54, 1.807) is 48.5 Å². The molecule has 2 aromatic carbocycles. The molecule has 0 aliphatic carbocycles. The van der Waals surface area contributed by atoms with Gasteiger partial charge in [0.15, 0.2) is 0 Å². The summed E-state index contributed by atoms with van der Waals surface area (Å²) in [6.45, 7) is 2.46. The number of carbonyl (C=O) groups is 2. The quantitative estimate of drug-likeness (QED) is 0.669. The van der Waals surface area contributed by atoms with Crippen LogP contribution >= 0.6 is 0 Å². The summed E-state index contributed by atoms with van der Waals surface area (Å²) in [5.41, 5.74) is 1.99. The van der Waals surface area contributed by atoms with Crippen LogP contribution in [0.4, 0.5) is 11.4 Å². The van der Waals surface area contributed by atoms with Crippen molar-refractivity contribution in [2.45, 2.75) is 6.92 Å². The average molecular weight is 386 g/mol. The highest BCUT2D eigenvalue weighted by atomic mass is 16.5. The van der Waals surface area contributed by atoms with Crippen LogP contribution in [0.25, 0.3) is 0 Å². The number of hydrogen-bond acceptors (Lipinski definition) is 5. The van der Waals surface area contributed by atoms with Crippen LogP contribution < -0.4 is 15.4 Å². The van der Waals surface area contributed by atoms with Gasteiger partial charge in [0, 0.05) is 23.8 Å². The minimum Gasteiger partial charge on any atom is -0.494 e. The molecular weight excluding hydrogens is 368 g/mol. The lowest BCUT2D eigenvalue weighted by Crippen LogP contribution is -2.16. The number of carbonyl (C=O) groups excluding carboxylic acids is 2. The Labute approximate surface area is 168 Å². The van der Waals surface area contributed by atoms with E-state index in [2.05, 4.69) is 15.6 Å². The molecule has 0 spiro atoms. The number of rotatable bonds is 6. The Morgan fingerprint density at radius 1 is 0.966 bits per heavy atom. The number of benzene rings is 2. The van der Waals surface area contributed by atoms with E-state index in [1.165, 1.54) is 18.5 Å². The molecule has 7 nitrogen and oxygen atoms in total. The molecule has 3 rings (SSSR count). The molecule has 144 valence electrons. The Balaban J connectivity index is 1.70. The van der Waals surface area contributed by atoms with Gasteiger partial charge in [-0.1, -0.05) is 6.07 Å². The normalized spacial score (nSPS) is 9.93. The van der Waals surface area contributed by atoms with Crippen molar-refractivity contribution in [1.82, 2.24) is 4.98 Å². The van der Waals surface area contributed by atoms with Crippen LogP contribution in [0.2, 0.25) is 0 Å². The van der Waals surface area contributed by atoms with Crippen molar-refractivity contribution >= 4 is 23.2 Å². The van der Waals surface area contributed by atoms with Crippen molar-refractivity contribution in [1.29, 1.82) is 5.26 Å². The molecule has 29 heavy (non-hydrogen) atoms. The van der Waals surface area contributed by atoms with Crippen LogP contribution in [0.15, 0.2) is 67.0 Å². The SMILES string of the molecule is CCOc1ccc(NC(=O)c2cncc(C(=O)Nc3cccc(C#N)c3)c2)cc1. The summed E-state index contributed by atoms with van der Waals surface area (Å²) in [6, 6.07) is 17.0. The Kier molecular flexibility index (Phi) is 6.18. The third-order valence-corrected chi connectivity index (χ3v) is 3.94. The van der Waals surface area contributed by atoms with E-state index >= 15 is 0 Å². The van der Waals surface area contributed by atoms with E-state index in [1.807, 2.05) is 13.0 Å². The van der Waals surface area contributed by atoms with Crippen LogP contribution in [0, 0.1) is 11.3 Å². The number of nitriles is 1. The van der Waals surface area contributed by atoms with Gasteiger partial charge in [-0.05, 0) is 55.5 Å². The Morgan fingerprint density at radius 2 is 1.62 bits per heavy atom. The number of hydrogen-bond donors (Lipinski definition) is 2. The number of anilines is 2. The highest BCUT2D eigenvalue weighted by Gasteiger charge is 2.12. The van der Waals surface area contributed by atoms with Crippen molar-refractivity contribution in [3.05, 3.63) is 83.7 Å². The molecule has 2 amide bonds. The first-order valence-corrected chi connectivity index (χ1v) is 8.90. The fraction of sp³-hybridized carbons (Fsp3) is 0.0909. The van der Waals surface area contributed by atoms with Gasteiger partial charge >= 0.3 is 0 Å². The monoisotopic (exact) mass is 386 g/mol. The number of nitrogens with zero attached hydrogens (tertiary/aromatic N) is 2. The topological polar surface area (TPSA) is 104 Å². The smallest absolute Gasteiger partial charge is 0.257 e. The highest BCUT2D eigenvalue weighted by Crippen LogP contribution is 2.17.